The zero-order valence-electron chi connectivity index (χ0n) is 11.0. The maximum Gasteiger partial charge on any atom is 0.223 e. The second kappa shape index (κ2) is 7.67. The molecule has 1 amide bonds. The van der Waals surface area contributed by atoms with E-state index in [1.54, 1.807) is 0 Å². The van der Waals surface area contributed by atoms with E-state index in [4.69, 9.17) is 5.11 Å². The van der Waals surface area contributed by atoms with Gasteiger partial charge in [-0.3, -0.25) is 4.79 Å². The highest BCUT2D eigenvalue weighted by molar-refractivity contribution is 5.78. The van der Waals surface area contributed by atoms with Crippen LogP contribution in [0.25, 0.3) is 6.08 Å². The van der Waals surface area contributed by atoms with Gasteiger partial charge in [-0.1, -0.05) is 48.9 Å². The predicted octanol–water partition coefficient (Wildman–Crippen LogP) is 2.14. The molecule has 1 atom stereocenters. The summed E-state index contributed by atoms with van der Waals surface area (Å²) < 4.78 is 0. The molecule has 0 aromatic heterocycles. The lowest BCUT2D eigenvalue weighted by Crippen LogP contribution is -2.28. The number of carbonyl (C=O) groups excluding carboxylic acids is 1. The first-order chi connectivity index (χ1) is 8.61. The number of benzene rings is 1. The molecule has 1 rings (SSSR count). The zero-order valence-corrected chi connectivity index (χ0v) is 11.0. The summed E-state index contributed by atoms with van der Waals surface area (Å²) in [6, 6.07) is 8.14. The maximum absolute atomic E-state index is 11.5. The second-order valence-corrected chi connectivity index (χ2v) is 4.61. The Hall–Kier alpha value is -1.61. The first kappa shape index (κ1) is 14.5. The second-order valence-electron chi connectivity index (χ2n) is 4.61. The SMILES string of the molecule is Cc1ccc(/C=C/CC(=O)NCC(C)CO)cc1. The summed E-state index contributed by atoms with van der Waals surface area (Å²) in [6.07, 6.45) is 4.16. The first-order valence-corrected chi connectivity index (χ1v) is 6.22. The van der Waals surface area contributed by atoms with E-state index < -0.39 is 0 Å². The van der Waals surface area contributed by atoms with Gasteiger partial charge in [-0.05, 0) is 18.4 Å². The summed E-state index contributed by atoms with van der Waals surface area (Å²) in [5, 5.41) is 11.6. The fraction of sp³-hybridized carbons (Fsp3) is 0.400. The Morgan fingerprint density at radius 1 is 1.39 bits per heavy atom. The third kappa shape index (κ3) is 5.64. The van der Waals surface area contributed by atoms with E-state index in [0.29, 0.717) is 13.0 Å². The van der Waals surface area contributed by atoms with Gasteiger partial charge >= 0.3 is 0 Å². The molecule has 0 aliphatic heterocycles. The average molecular weight is 247 g/mol. The van der Waals surface area contributed by atoms with Gasteiger partial charge < -0.3 is 10.4 Å². The Morgan fingerprint density at radius 3 is 2.67 bits per heavy atom. The third-order valence-corrected chi connectivity index (χ3v) is 2.65. The van der Waals surface area contributed by atoms with Gasteiger partial charge in [-0.15, -0.1) is 0 Å². The molecule has 1 aromatic carbocycles. The molecule has 0 bridgehead atoms. The predicted molar refractivity (Wildman–Crippen MR) is 74.1 cm³/mol. The highest BCUT2D eigenvalue weighted by Gasteiger charge is 2.02. The van der Waals surface area contributed by atoms with E-state index in [2.05, 4.69) is 5.32 Å². The van der Waals surface area contributed by atoms with E-state index in [1.807, 2.05) is 50.3 Å². The molecule has 3 nitrogen and oxygen atoms in total. The van der Waals surface area contributed by atoms with Gasteiger partial charge in [0.05, 0.1) is 0 Å². The number of aliphatic hydroxyl groups is 1. The number of carbonyl (C=O) groups is 1. The summed E-state index contributed by atoms with van der Waals surface area (Å²) in [4.78, 5) is 11.5. The summed E-state index contributed by atoms with van der Waals surface area (Å²) >= 11 is 0. The fourth-order valence-corrected chi connectivity index (χ4v) is 1.40. The molecule has 18 heavy (non-hydrogen) atoms. The smallest absolute Gasteiger partial charge is 0.223 e. The Morgan fingerprint density at radius 2 is 2.06 bits per heavy atom. The number of aryl methyl sites for hydroxylation is 1. The molecule has 0 aliphatic carbocycles. The van der Waals surface area contributed by atoms with Crippen molar-refractivity contribution in [2.75, 3.05) is 13.2 Å². The van der Waals surface area contributed by atoms with Crippen molar-refractivity contribution >= 4 is 12.0 Å². The van der Waals surface area contributed by atoms with Gasteiger partial charge in [-0.2, -0.15) is 0 Å². The van der Waals surface area contributed by atoms with Gasteiger partial charge in [-0.25, -0.2) is 0 Å². The van der Waals surface area contributed by atoms with Gasteiger partial charge in [0.1, 0.15) is 0 Å². The third-order valence-electron chi connectivity index (χ3n) is 2.65. The lowest BCUT2D eigenvalue weighted by atomic mass is 10.1. The molecule has 98 valence electrons. The van der Waals surface area contributed by atoms with Crippen LogP contribution in [0.15, 0.2) is 30.3 Å². The van der Waals surface area contributed by atoms with Crippen LogP contribution in [-0.2, 0) is 4.79 Å². The van der Waals surface area contributed by atoms with Crippen molar-refractivity contribution < 1.29 is 9.90 Å². The Bertz CT molecular complexity index is 395. The van der Waals surface area contributed by atoms with Crippen molar-refractivity contribution in [1.29, 1.82) is 0 Å². The van der Waals surface area contributed by atoms with E-state index in [1.165, 1.54) is 5.56 Å². The monoisotopic (exact) mass is 247 g/mol. The molecule has 1 aromatic rings. The molecule has 1 unspecified atom stereocenters. The van der Waals surface area contributed by atoms with Crippen LogP contribution in [0.5, 0.6) is 0 Å². The van der Waals surface area contributed by atoms with Gasteiger partial charge in [0.2, 0.25) is 5.91 Å². The molecule has 2 N–H and O–H groups in total. The minimum Gasteiger partial charge on any atom is -0.396 e. The largest absolute Gasteiger partial charge is 0.396 e. The highest BCUT2D eigenvalue weighted by atomic mass is 16.3. The number of hydrogen-bond acceptors (Lipinski definition) is 2. The van der Waals surface area contributed by atoms with Gasteiger partial charge in [0.15, 0.2) is 0 Å². The Labute approximate surface area is 109 Å². The Kier molecular flexibility index (Phi) is 6.15. The number of aliphatic hydroxyl groups excluding tert-OH is 1. The van der Waals surface area contributed by atoms with Crippen LogP contribution in [0.1, 0.15) is 24.5 Å². The zero-order chi connectivity index (χ0) is 13.4. The molecule has 0 radical (unpaired) electrons. The first-order valence-electron chi connectivity index (χ1n) is 6.22. The van der Waals surface area contributed by atoms with Crippen molar-refractivity contribution in [1.82, 2.24) is 5.32 Å². The average Bonchev–Trinajstić information content (AvgIpc) is 2.38. The van der Waals surface area contributed by atoms with E-state index in [-0.39, 0.29) is 18.4 Å². The molecule has 0 fully saturated rings. The highest BCUT2D eigenvalue weighted by Crippen LogP contribution is 2.05. The van der Waals surface area contributed by atoms with Crippen LogP contribution in [0.4, 0.5) is 0 Å². The molecule has 3 heteroatoms. The summed E-state index contributed by atoms with van der Waals surface area (Å²) in [7, 11) is 0. The van der Waals surface area contributed by atoms with Crippen LogP contribution >= 0.6 is 0 Å². The van der Waals surface area contributed by atoms with E-state index in [9.17, 15) is 4.79 Å². The van der Waals surface area contributed by atoms with Crippen molar-refractivity contribution in [3.8, 4) is 0 Å². The van der Waals surface area contributed by atoms with Crippen LogP contribution < -0.4 is 5.32 Å². The van der Waals surface area contributed by atoms with Gasteiger partial charge in [0, 0.05) is 19.6 Å². The summed E-state index contributed by atoms with van der Waals surface area (Å²) in [5.74, 6) is 0.0914. The minimum atomic E-state index is -0.0151. The lowest BCUT2D eigenvalue weighted by molar-refractivity contribution is -0.120. The van der Waals surface area contributed by atoms with Crippen molar-refractivity contribution in [3.05, 3.63) is 41.5 Å². The fourth-order valence-electron chi connectivity index (χ4n) is 1.40. The summed E-state index contributed by atoms with van der Waals surface area (Å²) in [5.41, 5.74) is 2.32. The minimum absolute atomic E-state index is 0.0151. The molecule has 0 aliphatic rings. The molecule has 0 saturated heterocycles. The summed E-state index contributed by atoms with van der Waals surface area (Å²) in [6.45, 7) is 4.55. The molecule has 0 saturated carbocycles. The molecular formula is C15H21NO2. The molecular weight excluding hydrogens is 226 g/mol. The van der Waals surface area contributed by atoms with Crippen molar-refractivity contribution in [2.45, 2.75) is 20.3 Å². The quantitative estimate of drug-likeness (QED) is 0.809. The number of nitrogens with one attached hydrogen (secondary N) is 1. The molecule has 0 spiro atoms. The number of rotatable bonds is 6. The van der Waals surface area contributed by atoms with Crippen LogP contribution in [0, 0.1) is 12.8 Å². The van der Waals surface area contributed by atoms with Crippen LogP contribution in [0.2, 0.25) is 0 Å². The standard InChI is InChI=1S/C15H21NO2/c1-12-6-8-14(9-7-12)4-3-5-15(18)16-10-13(2)11-17/h3-4,6-9,13,17H,5,10-11H2,1-2H3,(H,16,18)/b4-3+. The van der Waals surface area contributed by atoms with Crippen molar-refractivity contribution in [3.63, 3.8) is 0 Å². The normalized spacial score (nSPS) is 12.6. The van der Waals surface area contributed by atoms with Crippen molar-refractivity contribution in [2.24, 2.45) is 5.92 Å². The number of hydrogen-bond donors (Lipinski definition) is 2. The molecule has 0 heterocycles. The van der Waals surface area contributed by atoms with Crippen LogP contribution in [-0.4, -0.2) is 24.2 Å². The number of amides is 1. The van der Waals surface area contributed by atoms with Crippen LogP contribution in [0.3, 0.4) is 0 Å². The van der Waals surface area contributed by atoms with E-state index in [0.717, 1.165) is 5.56 Å². The topological polar surface area (TPSA) is 49.3 Å². The maximum atomic E-state index is 11.5. The van der Waals surface area contributed by atoms with Gasteiger partial charge in [0.25, 0.3) is 0 Å². The Balaban J connectivity index is 2.31. The van der Waals surface area contributed by atoms with E-state index >= 15 is 0 Å². The lowest BCUT2D eigenvalue weighted by Gasteiger charge is -2.08.